The van der Waals surface area contributed by atoms with E-state index in [-0.39, 0.29) is 5.78 Å². The molecule has 1 atom stereocenters. The van der Waals surface area contributed by atoms with Gasteiger partial charge in [-0.3, -0.25) is 4.79 Å². The van der Waals surface area contributed by atoms with Crippen LogP contribution in [0.25, 0.3) is 11.4 Å². The van der Waals surface area contributed by atoms with Crippen LogP contribution in [0.15, 0.2) is 21.1 Å². The number of carbonyl (C=O) groups excluding carboxylic acids is 1. The van der Waals surface area contributed by atoms with Crippen LogP contribution in [0.3, 0.4) is 0 Å². The second kappa shape index (κ2) is 5.69. The molecule has 2 aromatic rings. The monoisotopic (exact) mass is 350 g/mol. The van der Waals surface area contributed by atoms with E-state index >= 15 is 0 Å². The zero-order chi connectivity index (χ0) is 15.0. The van der Waals surface area contributed by atoms with Crippen molar-refractivity contribution in [3.63, 3.8) is 0 Å². The minimum absolute atomic E-state index is 0.0969. The normalized spacial score (nSPS) is 19.0. The van der Waals surface area contributed by atoms with Gasteiger partial charge in [0, 0.05) is 16.5 Å². The largest absolute Gasteiger partial charge is 0.380 e. The molecule has 110 valence electrons. The fourth-order valence-corrected chi connectivity index (χ4v) is 2.65. The van der Waals surface area contributed by atoms with E-state index in [9.17, 15) is 4.79 Å². The van der Waals surface area contributed by atoms with Crippen LogP contribution >= 0.6 is 15.9 Å². The standard InChI is InChI=1S/C15H15BrN2O3/c1-8-5-10(6-9(2)13(8)16)14-17-15(21-18-14)11-7-20-4-3-12(11)19/h5-6,11H,3-4,7H2,1-2H3. The second-order valence-electron chi connectivity index (χ2n) is 5.22. The highest BCUT2D eigenvalue weighted by atomic mass is 79.9. The van der Waals surface area contributed by atoms with Crippen LogP contribution in [0.1, 0.15) is 29.4 Å². The van der Waals surface area contributed by atoms with E-state index in [0.29, 0.717) is 31.3 Å². The molecular formula is C15H15BrN2O3. The molecule has 3 rings (SSSR count). The number of benzene rings is 1. The molecule has 5 nitrogen and oxygen atoms in total. The van der Waals surface area contributed by atoms with Gasteiger partial charge in [-0.25, -0.2) is 0 Å². The van der Waals surface area contributed by atoms with Crippen LogP contribution in [0, 0.1) is 13.8 Å². The second-order valence-corrected chi connectivity index (χ2v) is 6.02. The lowest BCUT2D eigenvalue weighted by Crippen LogP contribution is -2.25. The third-order valence-electron chi connectivity index (χ3n) is 3.60. The SMILES string of the molecule is Cc1cc(-c2noc(C3COCCC3=O)n2)cc(C)c1Br. The summed E-state index contributed by atoms with van der Waals surface area (Å²) in [5.74, 6) is 0.507. The topological polar surface area (TPSA) is 65.2 Å². The first kappa shape index (κ1) is 14.4. The first-order chi connectivity index (χ1) is 10.1. The van der Waals surface area contributed by atoms with E-state index in [2.05, 4.69) is 26.1 Å². The molecule has 6 heteroatoms. The van der Waals surface area contributed by atoms with E-state index < -0.39 is 5.92 Å². The van der Waals surface area contributed by atoms with Crippen LogP contribution in [0.2, 0.25) is 0 Å². The van der Waals surface area contributed by atoms with Crippen LogP contribution in [-0.2, 0) is 9.53 Å². The predicted molar refractivity (Wildman–Crippen MR) is 80.1 cm³/mol. The van der Waals surface area contributed by atoms with E-state index in [4.69, 9.17) is 9.26 Å². The Morgan fingerprint density at radius 3 is 2.67 bits per heavy atom. The molecule has 21 heavy (non-hydrogen) atoms. The van der Waals surface area contributed by atoms with E-state index in [1.54, 1.807) is 0 Å². The number of aryl methyl sites for hydroxylation is 2. The highest BCUT2D eigenvalue weighted by molar-refractivity contribution is 9.10. The molecule has 1 aromatic carbocycles. The Bertz CT molecular complexity index is 673. The number of nitrogens with zero attached hydrogens (tertiary/aromatic N) is 2. The molecule has 0 N–H and O–H groups in total. The van der Waals surface area contributed by atoms with Crippen molar-refractivity contribution in [1.29, 1.82) is 0 Å². The van der Waals surface area contributed by atoms with Crippen LogP contribution in [0.5, 0.6) is 0 Å². The number of carbonyl (C=O) groups is 1. The maximum atomic E-state index is 11.9. The van der Waals surface area contributed by atoms with Crippen LogP contribution in [0.4, 0.5) is 0 Å². The first-order valence-electron chi connectivity index (χ1n) is 6.77. The summed E-state index contributed by atoms with van der Waals surface area (Å²) in [5, 5.41) is 4.00. The number of aromatic nitrogens is 2. The minimum Gasteiger partial charge on any atom is -0.380 e. The highest BCUT2D eigenvalue weighted by Crippen LogP contribution is 2.28. The molecule has 1 unspecified atom stereocenters. The number of halogens is 1. The van der Waals surface area contributed by atoms with Crippen molar-refractivity contribution in [1.82, 2.24) is 10.1 Å². The lowest BCUT2D eigenvalue weighted by molar-refractivity contribution is -0.127. The van der Waals surface area contributed by atoms with Crippen molar-refractivity contribution in [3.05, 3.63) is 33.6 Å². The number of rotatable bonds is 2. The number of ketones is 1. The lowest BCUT2D eigenvalue weighted by atomic mass is 10.0. The molecule has 1 aromatic heterocycles. The van der Waals surface area contributed by atoms with Gasteiger partial charge in [0.05, 0.1) is 13.2 Å². The maximum Gasteiger partial charge on any atom is 0.239 e. The molecule has 1 aliphatic rings. The Labute approximate surface area is 130 Å². The zero-order valence-electron chi connectivity index (χ0n) is 11.9. The molecule has 0 saturated carbocycles. The van der Waals surface area contributed by atoms with Gasteiger partial charge in [-0.15, -0.1) is 0 Å². The van der Waals surface area contributed by atoms with Gasteiger partial charge >= 0.3 is 0 Å². The van der Waals surface area contributed by atoms with Gasteiger partial charge < -0.3 is 9.26 Å². The maximum absolute atomic E-state index is 11.9. The highest BCUT2D eigenvalue weighted by Gasteiger charge is 2.30. The van der Waals surface area contributed by atoms with Gasteiger partial charge in [0.2, 0.25) is 11.7 Å². The molecule has 0 bridgehead atoms. The summed E-state index contributed by atoms with van der Waals surface area (Å²) in [6.45, 7) is 4.82. The smallest absolute Gasteiger partial charge is 0.239 e. The van der Waals surface area contributed by atoms with Crippen molar-refractivity contribution in [2.75, 3.05) is 13.2 Å². The summed E-state index contributed by atoms with van der Waals surface area (Å²) < 4.78 is 11.7. The molecule has 0 aliphatic carbocycles. The fourth-order valence-electron chi connectivity index (χ4n) is 2.42. The zero-order valence-corrected chi connectivity index (χ0v) is 13.4. The predicted octanol–water partition coefficient (Wildman–Crippen LogP) is 3.19. The molecule has 1 fully saturated rings. The average molecular weight is 351 g/mol. The molecule has 1 saturated heterocycles. The third-order valence-corrected chi connectivity index (χ3v) is 4.85. The van der Waals surface area contributed by atoms with E-state index in [1.807, 2.05) is 26.0 Å². The van der Waals surface area contributed by atoms with Gasteiger partial charge in [0.1, 0.15) is 11.7 Å². The molecular weight excluding hydrogens is 336 g/mol. The summed E-state index contributed by atoms with van der Waals surface area (Å²) in [6.07, 6.45) is 0.402. The quantitative estimate of drug-likeness (QED) is 0.831. The Morgan fingerprint density at radius 1 is 1.29 bits per heavy atom. The number of hydrogen-bond acceptors (Lipinski definition) is 5. The Kier molecular flexibility index (Phi) is 3.91. The van der Waals surface area contributed by atoms with Gasteiger partial charge in [0.25, 0.3) is 0 Å². The van der Waals surface area contributed by atoms with E-state index in [1.165, 1.54) is 0 Å². The van der Waals surface area contributed by atoms with Crippen LogP contribution in [-0.4, -0.2) is 29.1 Å². The summed E-state index contributed by atoms with van der Waals surface area (Å²) in [4.78, 5) is 16.3. The fraction of sp³-hybridized carbons (Fsp3) is 0.400. The van der Waals surface area contributed by atoms with Crippen molar-refractivity contribution in [2.45, 2.75) is 26.2 Å². The van der Waals surface area contributed by atoms with Crippen molar-refractivity contribution in [2.24, 2.45) is 0 Å². The Balaban J connectivity index is 1.93. The van der Waals surface area contributed by atoms with E-state index in [0.717, 1.165) is 21.2 Å². The van der Waals surface area contributed by atoms with Gasteiger partial charge in [-0.05, 0) is 37.1 Å². The molecule has 1 aliphatic heterocycles. The number of ether oxygens (including phenoxy) is 1. The molecule has 2 heterocycles. The van der Waals surface area contributed by atoms with Crippen molar-refractivity contribution >= 4 is 21.7 Å². The molecule has 0 radical (unpaired) electrons. The number of hydrogen-bond donors (Lipinski definition) is 0. The Morgan fingerprint density at radius 2 is 2.00 bits per heavy atom. The Hall–Kier alpha value is -1.53. The van der Waals surface area contributed by atoms with Gasteiger partial charge in [0.15, 0.2) is 0 Å². The van der Waals surface area contributed by atoms with Gasteiger partial charge in [-0.1, -0.05) is 21.1 Å². The molecule has 0 spiro atoms. The third kappa shape index (κ3) is 2.78. The first-order valence-corrected chi connectivity index (χ1v) is 7.56. The minimum atomic E-state index is -0.433. The summed E-state index contributed by atoms with van der Waals surface area (Å²) >= 11 is 3.54. The van der Waals surface area contributed by atoms with Crippen molar-refractivity contribution in [3.8, 4) is 11.4 Å². The lowest BCUT2D eigenvalue weighted by Gasteiger charge is -2.17. The van der Waals surface area contributed by atoms with Crippen molar-refractivity contribution < 1.29 is 14.1 Å². The average Bonchev–Trinajstić information content (AvgIpc) is 2.94. The van der Waals surface area contributed by atoms with Crippen LogP contribution < -0.4 is 0 Å². The van der Waals surface area contributed by atoms with Gasteiger partial charge in [-0.2, -0.15) is 4.98 Å². The number of Topliss-reactive ketones (excluding diaryl/α,β-unsaturated/α-hetero) is 1. The summed E-state index contributed by atoms with van der Waals surface area (Å²) in [6, 6.07) is 3.98. The molecule has 0 amide bonds. The summed E-state index contributed by atoms with van der Waals surface area (Å²) in [5.41, 5.74) is 3.09. The summed E-state index contributed by atoms with van der Waals surface area (Å²) in [7, 11) is 0.